The van der Waals surface area contributed by atoms with Crippen LogP contribution >= 0.6 is 11.6 Å². The second-order valence-corrected chi connectivity index (χ2v) is 6.43. The molecule has 122 valence electrons. The number of anilines is 3. The lowest BCUT2D eigenvalue weighted by Crippen LogP contribution is -2.39. The quantitative estimate of drug-likeness (QED) is 0.861. The van der Waals surface area contributed by atoms with Crippen LogP contribution in [-0.4, -0.2) is 22.6 Å². The number of rotatable bonds is 4. The maximum atomic E-state index is 6.18. The van der Waals surface area contributed by atoms with E-state index in [1.165, 1.54) is 19.3 Å². The summed E-state index contributed by atoms with van der Waals surface area (Å²) in [5, 5.41) is 4.04. The molecule has 0 radical (unpaired) electrons. The Balaban J connectivity index is 1.83. The molecule has 2 heterocycles. The van der Waals surface area contributed by atoms with Gasteiger partial charge in [-0.15, -0.1) is 0 Å². The van der Waals surface area contributed by atoms with Crippen LogP contribution < -0.4 is 10.2 Å². The Morgan fingerprint density at radius 1 is 1.30 bits per heavy atom. The Morgan fingerprint density at radius 2 is 2.17 bits per heavy atom. The third kappa shape index (κ3) is 3.58. The lowest BCUT2D eigenvalue weighted by Gasteiger charge is -2.36. The third-order valence-corrected chi connectivity index (χ3v) is 4.96. The fraction of sp³-hybridized carbons (Fsp3) is 0.444. The number of nitrogens with one attached hydrogen (secondary N) is 1. The van der Waals surface area contributed by atoms with Gasteiger partial charge in [0.05, 0.1) is 0 Å². The first kappa shape index (κ1) is 16.1. The number of aromatic nitrogens is 2. The molecule has 1 aromatic heterocycles. The van der Waals surface area contributed by atoms with Crippen LogP contribution in [0.3, 0.4) is 0 Å². The van der Waals surface area contributed by atoms with Gasteiger partial charge in [0.25, 0.3) is 0 Å². The van der Waals surface area contributed by atoms with Crippen molar-refractivity contribution in [2.24, 2.45) is 0 Å². The number of piperidine rings is 1. The van der Waals surface area contributed by atoms with Crippen LogP contribution in [0.1, 0.15) is 38.2 Å². The Morgan fingerprint density at radius 3 is 3.00 bits per heavy atom. The van der Waals surface area contributed by atoms with Gasteiger partial charge in [-0.25, -0.2) is 4.98 Å². The summed E-state index contributed by atoms with van der Waals surface area (Å²) in [4.78, 5) is 11.5. The summed E-state index contributed by atoms with van der Waals surface area (Å²) >= 11 is 6.18. The smallest absolute Gasteiger partial charge is 0.229 e. The predicted octanol–water partition coefficient (Wildman–Crippen LogP) is 4.95. The van der Waals surface area contributed by atoms with E-state index in [1.54, 1.807) is 0 Å². The highest BCUT2D eigenvalue weighted by molar-refractivity contribution is 6.31. The molecule has 1 unspecified atom stereocenters. The van der Waals surface area contributed by atoms with E-state index in [-0.39, 0.29) is 0 Å². The van der Waals surface area contributed by atoms with E-state index in [0.717, 1.165) is 35.1 Å². The molecule has 0 amide bonds. The van der Waals surface area contributed by atoms with E-state index < -0.39 is 0 Å². The molecular formula is C18H23ClN4. The first-order valence-electron chi connectivity index (χ1n) is 8.31. The topological polar surface area (TPSA) is 41.1 Å². The number of nitrogens with zero attached hydrogens (tertiary/aromatic N) is 3. The standard InChI is InChI=1S/C18H23ClN4/c1-3-14-7-4-5-12-23(14)17-10-11-20-18(22-17)21-16-9-6-8-15(19)13(16)2/h6,8-11,14H,3-5,7,12H2,1-2H3,(H,20,21,22). The minimum absolute atomic E-state index is 0.583. The van der Waals surface area contributed by atoms with Crippen molar-refractivity contribution < 1.29 is 0 Å². The van der Waals surface area contributed by atoms with Crippen molar-refractivity contribution in [1.29, 1.82) is 0 Å². The molecule has 5 heteroatoms. The molecule has 1 fully saturated rings. The summed E-state index contributed by atoms with van der Waals surface area (Å²) in [7, 11) is 0. The number of hydrogen-bond donors (Lipinski definition) is 1. The molecule has 1 aliphatic heterocycles. The first-order valence-corrected chi connectivity index (χ1v) is 8.68. The molecule has 23 heavy (non-hydrogen) atoms. The molecule has 1 atom stereocenters. The van der Waals surface area contributed by atoms with Crippen LogP contribution in [0.15, 0.2) is 30.5 Å². The second kappa shape index (κ2) is 7.18. The Kier molecular flexibility index (Phi) is 5.01. The minimum Gasteiger partial charge on any atom is -0.353 e. The van der Waals surface area contributed by atoms with Crippen molar-refractivity contribution in [2.45, 2.75) is 45.6 Å². The van der Waals surface area contributed by atoms with Crippen LogP contribution in [0.4, 0.5) is 17.5 Å². The molecule has 0 bridgehead atoms. The number of hydrogen-bond acceptors (Lipinski definition) is 4. The summed E-state index contributed by atoms with van der Waals surface area (Å²) in [5.74, 6) is 1.63. The summed E-state index contributed by atoms with van der Waals surface area (Å²) < 4.78 is 0. The molecule has 1 aliphatic rings. The maximum absolute atomic E-state index is 6.18. The van der Waals surface area contributed by atoms with Gasteiger partial charge in [-0.05, 0) is 56.4 Å². The fourth-order valence-electron chi connectivity index (χ4n) is 3.16. The van der Waals surface area contributed by atoms with Crippen LogP contribution in [0.5, 0.6) is 0 Å². The molecule has 0 spiro atoms. The zero-order valence-electron chi connectivity index (χ0n) is 13.7. The highest BCUT2D eigenvalue weighted by Crippen LogP contribution is 2.28. The lowest BCUT2D eigenvalue weighted by atomic mass is 10.0. The SMILES string of the molecule is CCC1CCCCN1c1ccnc(Nc2cccc(Cl)c2C)n1. The van der Waals surface area contributed by atoms with Gasteiger partial charge < -0.3 is 10.2 Å². The van der Waals surface area contributed by atoms with Crippen molar-refractivity contribution in [2.75, 3.05) is 16.8 Å². The largest absolute Gasteiger partial charge is 0.353 e. The van der Waals surface area contributed by atoms with Crippen LogP contribution in [0.25, 0.3) is 0 Å². The van der Waals surface area contributed by atoms with Crippen molar-refractivity contribution in [3.05, 3.63) is 41.0 Å². The van der Waals surface area contributed by atoms with E-state index in [1.807, 2.05) is 37.4 Å². The van der Waals surface area contributed by atoms with Gasteiger partial charge in [-0.1, -0.05) is 24.6 Å². The summed E-state index contributed by atoms with van der Waals surface area (Å²) in [6, 6.07) is 8.40. The van der Waals surface area contributed by atoms with Gasteiger partial charge in [0.15, 0.2) is 0 Å². The van der Waals surface area contributed by atoms with E-state index in [4.69, 9.17) is 16.6 Å². The zero-order chi connectivity index (χ0) is 16.2. The number of halogens is 1. The molecule has 4 nitrogen and oxygen atoms in total. The predicted molar refractivity (Wildman–Crippen MR) is 96.8 cm³/mol. The molecule has 1 saturated heterocycles. The Hall–Kier alpha value is -1.81. The van der Waals surface area contributed by atoms with Crippen LogP contribution in [-0.2, 0) is 0 Å². The molecule has 2 aromatic rings. The fourth-order valence-corrected chi connectivity index (χ4v) is 3.33. The van der Waals surface area contributed by atoms with Gasteiger partial charge in [-0.2, -0.15) is 4.98 Å². The van der Waals surface area contributed by atoms with Crippen LogP contribution in [0, 0.1) is 6.92 Å². The monoisotopic (exact) mass is 330 g/mol. The molecule has 0 aliphatic carbocycles. The highest BCUT2D eigenvalue weighted by Gasteiger charge is 2.22. The van der Waals surface area contributed by atoms with E-state index in [0.29, 0.717) is 12.0 Å². The normalized spacial score (nSPS) is 18.0. The van der Waals surface area contributed by atoms with E-state index in [9.17, 15) is 0 Å². The maximum Gasteiger partial charge on any atom is 0.229 e. The van der Waals surface area contributed by atoms with E-state index >= 15 is 0 Å². The summed E-state index contributed by atoms with van der Waals surface area (Å²) in [5.41, 5.74) is 1.95. The minimum atomic E-state index is 0.583. The molecular weight excluding hydrogens is 308 g/mol. The number of benzene rings is 1. The van der Waals surface area contributed by atoms with Gasteiger partial charge >= 0.3 is 0 Å². The molecule has 0 saturated carbocycles. The van der Waals surface area contributed by atoms with Crippen molar-refractivity contribution in [3.8, 4) is 0 Å². The lowest BCUT2D eigenvalue weighted by molar-refractivity contribution is 0.447. The van der Waals surface area contributed by atoms with Gasteiger partial charge in [0.2, 0.25) is 5.95 Å². The molecule has 1 N–H and O–H groups in total. The average Bonchev–Trinajstić information content (AvgIpc) is 2.59. The summed E-state index contributed by atoms with van der Waals surface area (Å²) in [6.45, 7) is 5.32. The average molecular weight is 331 g/mol. The first-order chi connectivity index (χ1) is 11.2. The molecule has 3 rings (SSSR count). The van der Waals surface area contributed by atoms with Crippen LogP contribution in [0.2, 0.25) is 5.02 Å². The van der Waals surface area contributed by atoms with Gasteiger partial charge in [0, 0.05) is 29.5 Å². The second-order valence-electron chi connectivity index (χ2n) is 6.03. The van der Waals surface area contributed by atoms with Crippen molar-refractivity contribution >= 4 is 29.1 Å². The zero-order valence-corrected chi connectivity index (χ0v) is 14.5. The Labute approximate surface area is 142 Å². The summed E-state index contributed by atoms with van der Waals surface area (Å²) in [6.07, 6.45) is 6.77. The molecule has 1 aromatic carbocycles. The third-order valence-electron chi connectivity index (χ3n) is 4.55. The van der Waals surface area contributed by atoms with Crippen molar-refractivity contribution in [3.63, 3.8) is 0 Å². The highest BCUT2D eigenvalue weighted by atomic mass is 35.5. The van der Waals surface area contributed by atoms with Gasteiger partial charge in [-0.3, -0.25) is 0 Å². The van der Waals surface area contributed by atoms with Crippen molar-refractivity contribution in [1.82, 2.24) is 9.97 Å². The van der Waals surface area contributed by atoms with Gasteiger partial charge in [0.1, 0.15) is 5.82 Å². The Bertz CT molecular complexity index is 674. The van der Waals surface area contributed by atoms with E-state index in [2.05, 4.69) is 22.1 Å².